The molecule has 2 amide bonds. The Morgan fingerprint density at radius 2 is 1.76 bits per heavy atom. The molecule has 0 aliphatic rings. The number of amides is 2. The third-order valence-electron chi connectivity index (χ3n) is 4.18. The van der Waals surface area contributed by atoms with Crippen LogP contribution in [0.25, 0.3) is 0 Å². The first-order chi connectivity index (χ1) is 11.6. The number of hydrogen-bond donors (Lipinski definition) is 3. The predicted molar refractivity (Wildman–Crippen MR) is 101 cm³/mol. The molecule has 1 unspecified atom stereocenters. The molecule has 5 heteroatoms. The van der Waals surface area contributed by atoms with Crippen molar-refractivity contribution in [2.75, 3.05) is 13.6 Å². The number of carbonyl (C=O) groups excluding carboxylic acids is 2. The van der Waals surface area contributed by atoms with E-state index in [2.05, 4.69) is 17.6 Å². The third kappa shape index (κ3) is 7.69. The fraction of sp³-hybridized carbons (Fsp3) is 0.600. The van der Waals surface area contributed by atoms with Gasteiger partial charge in [-0.1, -0.05) is 43.7 Å². The summed E-state index contributed by atoms with van der Waals surface area (Å²) >= 11 is 0. The molecule has 0 radical (unpaired) electrons. The Hall–Kier alpha value is -1.88. The second-order valence-corrected chi connectivity index (χ2v) is 7.80. The molecule has 1 rings (SSSR count). The van der Waals surface area contributed by atoms with Crippen LogP contribution < -0.4 is 15.5 Å². The van der Waals surface area contributed by atoms with Gasteiger partial charge in [-0.15, -0.1) is 0 Å². The van der Waals surface area contributed by atoms with Crippen LogP contribution in [0.2, 0.25) is 0 Å². The van der Waals surface area contributed by atoms with Gasteiger partial charge in [-0.3, -0.25) is 9.59 Å². The Bertz CT molecular complexity index is 552. The molecule has 140 valence electrons. The molecular weight excluding hydrogens is 314 g/mol. The number of rotatable bonds is 8. The highest BCUT2D eigenvalue weighted by Gasteiger charge is 2.27. The summed E-state index contributed by atoms with van der Waals surface area (Å²) in [6.07, 6.45) is 1.89. The molecule has 0 aliphatic carbocycles. The van der Waals surface area contributed by atoms with E-state index >= 15 is 0 Å². The number of benzene rings is 1. The van der Waals surface area contributed by atoms with Crippen LogP contribution in [0, 0.1) is 0 Å². The van der Waals surface area contributed by atoms with Gasteiger partial charge in [0.05, 0.1) is 13.1 Å². The summed E-state index contributed by atoms with van der Waals surface area (Å²) in [6.45, 7) is 10.1. The van der Waals surface area contributed by atoms with Crippen LogP contribution in [0.15, 0.2) is 30.3 Å². The van der Waals surface area contributed by atoms with Gasteiger partial charge in [0.2, 0.25) is 0 Å². The van der Waals surface area contributed by atoms with Crippen molar-refractivity contribution in [3.8, 4) is 0 Å². The molecule has 0 aliphatic heterocycles. The van der Waals surface area contributed by atoms with Crippen LogP contribution in [-0.2, 0) is 9.59 Å². The van der Waals surface area contributed by atoms with Crippen LogP contribution in [-0.4, -0.2) is 37.0 Å². The minimum Gasteiger partial charge on any atom is -0.347 e. The summed E-state index contributed by atoms with van der Waals surface area (Å²) < 4.78 is 0. The third-order valence-corrected chi connectivity index (χ3v) is 4.18. The minimum absolute atomic E-state index is 0.0114. The average Bonchev–Trinajstić information content (AvgIpc) is 2.52. The maximum atomic E-state index is 12.6. The van der Waals surface area contributed by atoms with Gasteiger partial charge >= 0.3 is 0 Å². The van der Waals surface area contributed by atoms with E-state index in [9.17, 15) is 9.59 Å². The SMILES string of the molecule is CCC[C@H](NC(=O)[C@@H](C)[NH+](C)CC(=O)NC(C)(C)C)c1ccccc1. The van der Waals surface area contributed by atoms with Crippen molar-refractivity contribution < 1.29 is 14.5 Å². The summed E-state index contributed by atoms with van der Waals surface area (Å²) in [5.41, 5.74) is 0.857. The van der Waals surface area contributed by atoms with E-state index in [1.807, 2.05) is 65.1 Å². The highest BCUT2D eigenvalue weighted by molar-refractivity contribution is 5.81. The molecule has 3 N–H and O–H groups in total. The van der Waals surface area contributed by atoms with Crippen molar-refractivity contribution in [1.82, 2.24) is 10.6 Å². The van der Waals surface area contributed by atoms with Crippen LogP contribution in [0.3, 0.4) is 0 Å². The van der Waals surface area contributed by atoms with Gasteiger partial charge in [0.1, 0.15) is 0 Å². The zero-order valence-electron chi connectivity index (χ0n) is 16.5. The zero-order chi connectivity index (χ0) is 19.0. The molecule has 1 aromatic carbocycles. The van der Waals surface area contributed by atoms with Crippen molar-refractivity contribution in [3.63, 3.8) is 0 Å². The lowest BCUT2D eigenvalue weighted by Crippen LogP contribution is -3.15. The van der Waals surface area contributed by atoms with Gasteiger partial charge in [0.25, 0.3) is 11.8 Å². The first kappa shape index (κ1) is 21.2. The van der Waals surface area contributed by atoms with Gasteiger partial charge in [-0.05, 0) is 39.7 Å². The molecule has 0 aromatic heterocycles. The molecule has 1 aromatic rings. The van der Waals surface area contributed by atoms with E-state index in [1.165, 1.54) is 0 Å². The molecule has 5 nitrogen and oxygen atoms in total. The molecule has 0 bridgehead atoms. The topological polar surface area (TPSA) is 62.6 Å². The second kappa shape index (κ2) is 9.56. The largest absolute Gasteiger partial charge is 0.347 e. The monoisotopic (exact) mass is 348 g/mol. The minimum atomic E-state index is -0.297. The lowest BCUT2D eigenvalue weighted by Gasteiger charge is -2.26. The molecule has 0 saturated carbocycles. The smallest absolute Gasteiger partial charge is 0.278 e. The maximum Gasteiger partial charge on any atom is 0.278 e. The van der Waals surface area contributed by atoms with E-state index in [4.69, 9.17) is 0 Å². The molecule has 25 heavy (non-hydrogen) atoms. The molecule has 0 spiro atoms. The van der Waals surface area contributed by atoms with Crippen molar-refractivity contribution in [2.45, 2.75) is 65.1 Å². The quantitative estimate of drug-likeness (QED) is 0.666. The first-order valence-corrected chi connectivity index (χ1v) is 9.12. The van der Waals surface area contributed by atoms with Gasteiger partial charge in [0, 0.05) is 5.54 Å². The van der Waals surface area contributed by atoms with Crippen molar-refractivity contribution in [1.29, 1.82) is 0 Å². The number of hydrogen-bond acceptors (Lipinski definition) is 2. The van der Waals surface area contributed by atoms with E-state index in [1.54, 1.807) is 0 Å². The molecule has 0 fully saturated rings. The average molecular weight is 349 g/mol. The van der Waals surface area contributed by atoms with E-state index in [-0.39, 0.29) is 36.0 Å². The number of quaternary nitrogens is 1. The standard InChI is InChI=1S/C20H33N3O2/c1-7-11-17(16-12-9-8-10-13-16)21-19(25)15(2)23(6)14-18(24)22-20(3,4)5/h8-10,12-13,15,17H,7,11,14H2,1-6H3,(H,21,25)(H,22,24)/p+1/t15-,17+/m1/s1. The van der Waals surface area contributed by atoms with E-state index < -0.39 is 0 Å². The van der Waals surface area contributed by atoms with Gasteiger partial charge < -0.3 is 15.5 Å². The Balaban J connectivity index is 2.65. The lowest BCUT2D eigenvalue weighted by molar-refractivity contribution is -0.886. The molecule has 0 saturated heterocycles. The van der Waals surface area contributed by atoms with Gasteiger partial charge in [0.15, 0.2) is 12.6 Å². The van der Waals surface area contributed by atoms with Gasteiger partial charge in [-0.25, -0.2) is 0 Å². The fourth-order valence-electron chi connectivity index (χ4n) is 2.69. The summed E-state index contributed by atoms with van der Waals surface area (Å²) in [4.78, 5) is 25.6. The van der Waals surface area contributed by atoms with Crippen molar-refractivity contribution in [3.05, 3.63) is 35.9 Å². The van der Waals surface area contributed by atoms with E-state index in [0.717, 1.165) is 23.3 Å². The van der Waals surface area contributed by atoms with Crippen molar-refractivity contribution in [2.24, 2.45) is 0 Å². The Morgan fingerprint density at radius 1 is 1.16 bits per heavy atom. The zero-order valence-corrected chi connectivity index (χ0v) is 16.5. The summed E-state index contributed by atoms with van der Waals surface area (Å²) in [5, 5.41) is 6.08. The van der Waals surface area contributed by atoms with Crippen LogP contribution in [0.4, 0.5) is 0 Å². The first-order valence-electron chi connectivity index (χ1n) is 9.12. The highest BCUT2D eigenvalue weighted by atomic mass is 16.2. The maximum absolute atomic E-state index is 12.6. The van der Waals surface area contributed by atoms with E-state index in [0.29, 0.717) is 0 Å². The fourth-order valence-corrected chi connectivity index (χ4v) is 2.69. The summed E-state index contributed by atoms with van der Waals surface area (Å²) in [6, 6.07) is 9.75. The normalized spacial score (nSPS) is 15.1. The Kier molecular flexibility index (Phi) is 8.10. The Morgan fingerprint density at radius 3 is 2.28 bits per heavy atom. The number of nitrogens with one attached hydrogen (secondary N) is 3. The van der Waals surface area contributed by atoms with Gasteiger partial charge in [-0.2, -0.15) is 0 Å². The molecular formula is C20H34N3O2+. The highest BCUT2D eigenvalue weighted by Crippen LogP contribution is 2.17. The summed E-state index contributed by atoms with van der Waals surface area (Å²) in [5.74, 6) is -0.0684. The molecule has 0 heterocycles. The second-order valence-electron chi connectivity index (χ2n) is 7.80. The van der Waals surface area contributed by atoms with Crippen molar-refractivity contribution >= 4 is 11.8 Å². The number of likely N-dealkylation sites (N-methyl/N-ethyl adjacent to an activating group) is 1. The summed E-state index contributed by atoms with van der Waals surface area (Å²) in [7, 11) is 1.88. The predicted octanol–water partition coefficient (Wildman–Crippen LogP) is 1.46. The van der Waals surface area contributed by atoms with Crippen LogP contribution >= 0.6 is 0 Å². The van der Waals surface area contributed by atoms with Crippen LogP contribution in [0.1, 0.15) is 59.1 Å². The molecule has 3 atom stereocenters. The number of carbonyl (C=O) groups is 2. The van der Waals surface area contributed by atoms with Crippen LogP contribution in [0.5, 0.6) is 0 Å². The Labute approximate surface area is 152 Å². The lowest BCUT2D eigenvalue weighted by atomic mass is 10.0.